The van der Waals surface area contributed by atoms with Gasteiger partial charge in [-0.2, -0.15) is 5.10 Å². The molecule has 1 fully saturated rings. The van der Waals surface area contributed by atoms with E-state index in [1.165, 1.54) is 7.11 Å². The number of carbonyl (C=O) groups excluding carboxylic acids is 2. The first-order valence-corrected chi connectivity index (χ1v) is 8.60. The smallest absolute Gasteiger partial charge is 0.329 e. The van der Waals surface area contributed by atoms with Crippen molar-refractivity contribution in [2.45, 2.75) is 46.5 Å². The van der Waals surface area contributed by atoms with Gasteiger partial charge in [-0.05, 0) is 49.1 Å². The van der Waals surface area contributed by atoms with Crippen molar-refractivity contribution in [3.8, 4) is 5.75 Å². The molecule has 0 saturated heterocycles. The summed E-state index contributed by atoms with van der Waals surface area (Å²) in [6.07, 6.45) is 3.85. The largest absolute Gasteiger partial charge is 0.497 e. The van der Waals surface area contributed by atoms with Gasteiger partial charge in [0.2, 0.25) is 0 Å². The average molecular weight is 345 g/mol. The van der Waals surface area contributed by atoms with Crippen LogP contribution in [0.5, 0.6) is 5.75 Å². The lowest BCUT2D eigenvalue weighted by Crippen LogP contribution is -2.34. The predicted molar refractivity (Wildman–Crippen MR) is 98.6 cm³/mol. The number of hydrogen-bond acceptors (Lipinski definition) is 4. The molecule has 136 valence electrons. The molecule has 0 aromatic heterocycles. The number of benzene rings is 1. The lowest BCUT2D eigenvalue weighted by molar-refractivity contribution is -0.136. The highest BCUT2D eigenvalue weighted by Crippen LogP contribution is 2.36. The third-order valence-electron chi connectivity index (χ3n) is 4.64. The monoisotopic (exact) mass is 345 g/mol. The number of hydrazone groups is 1. The molecule has 1 saturated carbocycles. The lowest BCUT2D eigenvalue weighted by atomic mass is 9.72. The van der Waals surface area contributed by atoms with Gasteiger partial charge in [-0.3, -0.25) is 9.59 Å². The summed E-state index contributed by atoms with van der Waals surface area (Å²) in [5, 5.41) is 6.66. The molecule has 0 spiro atoms. The van der Waals surface area contributed by atoms with Crippen molar-refractivity contribution < 1.29 is 14.3 Å². The van der Waals surface area contributed by atoms with Gasteiger partial charge < -0.3 is 10.1 Å². The maximum atomic E-state index is 11.9. The van der Waals surface area contributed by atoms with Crippen molar-refractivity contribution in [2.24, 2.45) is 16.4 Å². The maximum Gasteiger partial charge on any atom is 0.329 e. The lowest BCUT2D eigenvalue weighted by Gasteiger charge is -2.34. The van der Waals surface area contributed by atoms with E-state index in [1.807, 2.05) is 0 Å². The second-order valence-corrected chi connectivity index (χ2v) is 7.45. The standard InChI is InChI=1S/C19H27N3O3/c1-19(2,3)13-8-10-14(11-9-13)21-22-18(24)17(23)20-15-6-5-7-16(12-15)25-4/h5-7,12-13H,8-11H2,1-4H3,(H,20,23)(H,22,24). The van der Waals surface area contributed by atoms with Crippen molar-refractivity contribution in [3.63, 3.8) is 0 Å². The van der Waals surface area contributed by atoms with Crippen molar-refractivity contribution in [1.82, 2.24) is 5.43 Å². The third-order valence-corrected chi connectivity index (χ3v) is 4.64. The van der Waals surface area contributed by atoms with Gasteiger partial charge in [0.25, 0.3) is 0 Å². The second kappa shape index (κ2) is 8.14. The summed E-state index contributed by atoms with van der Waals surface area (Å²) < 4.78 is 5.08. The fourth-order valence-corrected chi connectivity index (χ4v) is 3.00. The molecule has 25 heavy (non-hydrogen) atoms. The zero-order valence-corrected chi connectivity index (χ0v) is 15.4. The Morgan fingerprint density at radius 2 is 1.84 bits per heavy atom. The Hall–Kier alpha value is -2.37. The molecule has 1 aromatic rings. The zero-order chi connectivity index (χ0) is 18.4. The number of rotatable bonds is 3. The second-order valence-electron chi connectivity index (χ2n) is 7.45. The molecule has 0 atom stereocenters. The molecular formula is C19H27N3O3. The number of ether oxygens (including phenoxy) is 1. The summed E-state index contributed by atoms with van der Waals surface area (Å²) in [5.41, 5.74) is 4.10. The average Bonchev–Trinajstić information content (AvgIpc) is 2.59. The van der Waals surface area contributed by atoms with Crippen LogP contribution in [-0.2, 0) is 9.59 Å². The Morgan fingerprint density at radius 3 is 2.44 bits per heavy atom. The molecule has 1 aliphatic rings. The molecule has 1 aromatic carbocycles. The van der Waals surface area contributed by atoms with Crippen molar-refractivity contribution in [1.29, 1.82) is 0 Å². The summed E-state index contributed by atoms with van der Waals surface area (Å²) in [7, 11) is 1.54. The molecule has 2 rings (SSSR count). The Kier molecular flexibility index (Phi) is 6.17. The predicted octanol–water partition coefficient (Wildman–Crippen LogP) is 3.34. The van der Waals surface area contributed by atoms with Crippen molar-refractivity contribution in [2.75, 3.05) is 12.4 Å². The first-order chi connectivity index (χ1) is 11.8. The van der Waals surface area contributed by atoms with Crippen LogP contribution in [0.1, 0.15) is 46.5 Å². The quantitative estimate of drug-likeness (QED) is 0.651. The fraction of sp³-hybridized carbons (Fsp3) is 0.526. The molecular weight excluding hydrogens is 318 g/mol. The minimum Gasteiger partial charge on any atom is -0.497 e. The highest BCUT2D eigenvalue weighted by Gasteiger charge is 2.28. The Labute approximate surface area is 149 Å². The summed E-state index contributed by atoms with van der Waals surface area (Å²) >= 11 is 0. The minimum atomic E-state index is -0.770. The summed E-state index contributed by atoms with van der Waals surface area (Å²) in [6.45, 7) is 6.76. The van der Waals surface area contributed by atoms with Gasteiger partial charge in [0.15, 0.2) is 0 Å². The number of nitrogens with one attached hydrogen (secondary N) is 2. The van der Waals surface area contributed by atoms with Gasteiger partial charge in [0.05, 0.1) is 7.11 Å². The molecule has 0 bridgehead atoms. The first-order valence-electron chi connectivity index (χ1n) is 8.60. The van der Waals surface area contributed by atoms with Crippen LogP contribution >= 0.6 is 0 Å². The van der Waals surface area contributed by atoms with E-state index >= 15 is 0 Å². The summed E-state index contributed by atoms with van der Waals surface area (Å²) in [5.74, 6) is -0.248. The van der Waals surface area contributed by atoms with E-state index < -0.39 is 11.8 Å². The van der Waals surface area contributed by atoms with Crippen LogP contribution in [-0.4, -0.2) is 24.6 Å². The van der Waals surface area contributed by atoms with Gasteiger partial charge in [-0.15, -0.1) is 0 Å². The van der Waals surface area contributed by atoms with Crippen LogP contribution in [0.4, 0.5) is 5.69 Å². The zero-order valence-electron chi connectivity index (χ0n) is 15.4. The molecule has 0 radical (unpaired) electrons. The fourth-order valence-electron chi connectivity index (χ4n) is 3.00. The molecule has 0 unspecified atom stereocenters. The number of nitrogens with zero attached hydrogens (tertiary/aromatic N) is 1. The van der Waals surface area contributed by atoms with E-state index in [9.17, 15) is 9.59 Å². The minimum absolute atomic E-state index is 0.297. The number of hydrogen-bond donors (Lipinski definition) is 2. The Bertz CT molecular complexity index is 652. The van der Waals surface area contributed by atoms with E-state index in [4.69, 9.17) is 4.74 Å². The number of amides is 2. The van der Waals surface area contributed by atoms with Gasteiger partial charge >= 0.3 is 11.8 Å². The van der Waals surface area contributed by atoms with Crippen LogP contribution in [0.2, 0.25) is 0 Å². The number of anilines is 1. The van der Waals surface area contributed by atoms with Gasteiger partial charge in [0, 0.05) is 17.5 Å². The SMILES string of the molecule is COc1cccc(NC(=O)C(=O)NN=C2CCC(C(C)(C)C)CC2)c1. The van der Waals surface area contributed by atoms with Crippen molar-refractivity contribution in [3.05, 3.63) is 24.3 Å². The van der Waals surface area contributed by atoms with Gasteiger partial charge in [0.1, 0.15) is 5.75 Å². The van der Waals surface area contributed by atoms with E-state index in [2.05, 4.69) is 36.6 Å². The van der Waals surface area contributed by atoms with Crippen LogP contribution < -0.4 is 15.5 Å². The van der Waals surface area contributed by atoms with Crippen LogP contribution in [0.3, 0.4) is 0 Å². The molecule has 6 nitrogen and oxygen atoms in total. The summed E-state index contributed by atoms with van der Waals surface area (Å²) in [6, 6.07) is 6.83. The molecule has 2 N–H and O–H groups in total. The van der Waals surface area contributed by atoms with E-state index in [0.717, 1.165) is 31.4 Å². The normalized spacial score (nSPS) is 17.6. The van der Waals surface area contributed by atoms with Gasteiger partial charge in [-0.1, -0.05) is 26.8 Å². The van der Waals surface area contributed by atoms with Gasteiger partial charge in [-0.25, -0.2) is 5.43 Å². The van der Waals surface area contributed by atoms with Crippen LogP contribution in [0, 0.1) is 11.3 Å². The molecule has 6 heteroatoms. The number of methoxy groups -OCH3 is 1. The maximum absolute atomic E-state index is 11.9. The Morgan fingerprint density at radius 1 is 1.16 bits per heavy atom. The Balaban J connectivity index is 1.84. The van der Waals surface area contributed by atoms with Crippen molar-refractivity contribution >= 4 is 23.2 Å². The molecule has 2 amide bonds. The van der Waals surface area contributed by atoms with Crippen LogP contribution in [0.25, 0.3) is 0 Å². The topological polar surface area (TPSA) is 79.8 Å². The molecule has 0 heterocycles. The van der Waals surface area contributed by atoms with E-state index in [1.54, 1.807) is 24.3 Å². The van der Waals surface area contributed by atoms with E-state index in [0.29, 0.717) is 22.8 Å². The van der Waals surface area contributed by atoms with E-state index in [-0.39, 0.29) is 0 Å². The third kappa shape index (κ3) is 5.59. The highest BCUT2D eigenvalue weighted by atomic mass is 16.5. The summed E-state index contributed by atoms with van der Waals surface area (Å²) in [4.78, 5) is 23.8. The molecule has 0 aliphatic heterocycles. The number of carbonyl (C=O) groups is 2. The highest BCUT2D eigenvalue weighted by molar-refractivity contribution is 6.39. The first kappa shape index (κ1) is 19.0. The molecule has 1 aliphatic carbocycles. The van der Waals surface area contributed by atoms with Crippen LogP contribution in [0.15, 0.2) is 29.4 Å².